The van der Waals surface area contributed by atoms with Crippen molar-refractivity contribution in [2.24, 2.45) is 20.9 Å². The number of allylic oxidation sites excluding steroid dienone is 1. The molecule has 4 nitrogen and oxygen atoms in total. The fraction of sp³-hybridized carbons (Fsp3) is 0.381. The molecule has 1 N–H and O–H groups in total. The molecule has 2 aromatic rings. The Bertz CT molecular complexity index is 1000. The lowest BCUT2D eigenvalue weighted by Crippen LogP contribution is -2.42. The van der Waals surface area contributed by atoms with E-state index in [2.05, 4.69) is 49.5 Å². The van der Waals surface area contributed by atoms with Crippen LogP contribution in [0.25, 0.3) is 15.8 Å². The minimum atomic E-state index is -0.350. The molecule has 5 heteroatoms. The molecule has 0 amide bonds. The van der Waals surface area contributed by atoms with Gasteiger partial charge in [-0.1, -0.05) is 18.2 Å². The molecule has 1 atom stereocenters. The van der Waals surface area contributed by atoms with E-state index in [1.807, 2.05) is 17.6 Å². The first-order valence-corrected chi connectivity index (χ1v) is 10.1. The molecule has 0 aliphatic carbocycles. The zero-order valence-electron chi connectivity index (χ0n) is 15.1. The first kappa shape index (κ1) is 16.1. The van der Waals surface area contributed by atoms with Gasteiger partial charge in [0, 0.05) is 10.6 Å². The van der Waals surface area contributed by atoms with Gasteiger partial charge < -0.3 is 5.32 Å². The van der Waals surface area contributed by atoms with E-state index >= 15 is 0 Å². The summed E-state index contributed by atoms with van der Waals surface area (Å²) in [6.07, 6.45) is 6.35. The van der Waals surface area contributed by atoms with Gasteiger partial charge in [-0.2, -0.15) is 0 Å². The van der Waals surface area contributed by atoms with Crippen molar-refractivity contribution in [2.75, 3.05) is 13.1 Å². The molecule has 3 aliphatic heterocycles. The van der Waals surface area contributed by atoms with Crippen molar-refractivity contribution in [2.45, 2.75) is 32.4 Å². The van der Waals surface area contributed by atoms with E-state index < -0.39 is 0 Å². The van der Waals surface area contributed by atoms with Crippen LogP contribution in [0.3, 0.4) is 0 Å². The lowest BCUT2D eigenvalue weighted by atomic mass is 9.85. The smallest absolute Gasteiger partial charge is 0.151 e. The Kier molecular flexibility index (Phi) is 3.69. The van der Waals surface area contributed by atoms with Crippen LogP contribution in [0.5, 0.6) is 0 Å². The molecule has 132 valence electrons. The monoisotopic (exact) mass is 362 g/mol. The normalized spacial score (nSPS) is 25.8. The van der Waals surface area contributed by atoms with Crippen LogP contribution in [0.1, 0.15) is 30.2 Å². The maximum Gasteiger partial charge on any atom is 0.151 e. The third-order valence-corrected chi connectivity index (χ3v) is 7.06. The highest BCUT2D eigenvalue weighted by Crippen LogP contribution is 2.39. The molecule has 0 bridgehead atoms. The van der Waals surface area contributed by atoms with Crippen molar-refractivity contribution in [3.63, 3.8) is 0 Å². The van der Waals surface area contributed by atoms with Crippen molar-refractivity contribution in [3.05, 3.63) is 40.8 Å². The molecule has 26 heavy (non-hydrogen) atoms. The summed E-state index contributed by atoms with van der Waals surface area (Å²) >= 11 is 1.81. The number of piperidine rings is 1. The third-order valence-electron chi connectivity index (χ3n) is 5.76. The number of fused-ring (bicyclic) bond motifs is 2. The Morgan fingerprint density at radius 3 is 2.77 bits per heavy atom. The minimum Gasteiger partial charge on any atom is -0.317 e. The average molecular weight is 363 g/mol. The highest BCUT2D eigenvalue weighted by atomic mass is 32.1. The largest absolute Gasteiger partial charge is 0.317 e. The molecule has 4 heterocycles. The molecule has 0 spiro atoms. The summed E-state index contributed by atoms with van der Waals surface area (Å²) in [5.41, 5.74) is 3.88. The van der Waals surface area contributed by atoms with Crippen LogP contribution >= 0.6 is 11.3 Å². The molecule has 1 fully saturated rings. The lowest BCUT2D eigenvalue weighted by molar-refractivity contribution is 0.244. The number of thiophene rings is 1. The minimum absolute atomic E-state index is 0.350. The summed E-state index contributed by atoms with van der Waals surface area (Å²) in [6, 6.07) is 8.56. The highest BCUT2D eigenvalue weighted by Gasteiger charge is 2.37. The summed E-state index contributed by atoms with van der Waals surface area (Å²) in [5.74, 6) is 0.498. The fourth-order valence-corrected chi connectivity index (χ4v) is 5.34. The number of hydrogen-bond donors (Lipinski definition) is 1. The van der Waals surface area contributed by atoms with Crippen LogP contribution in [-0.2, 0) is 0 Å². The van der Waals surface area contributed by atoms with Gasteiger partial charge in [-0.15, -0.1) is 11.3 Å². The number of nitrogens with one attached hydrogen (secondary N) is 1. The second kappa shape index (κ2) is 5.96. The molecule has 3 aliphatic rings. The summed E-state index contributed by atoms with van der Waals surface area (Å²) < 4.78 is 1.31. The van der Waals surface area contributed by atoms with Gasteiger partial charge in [0.25, 0.3) is 0 Å². The maximum atomic E-state index is 5.05. The number of hydrogen-bond acceptors (Lipinski definition) is 5. The molecule has 1 unspecified atom stereocenters. The van der Waals surface area contributed by atoms with E-state index in [-0.39, 0.29) is 5.66 Å². The van der Waals surface area contributed by atoms with Crippen molar-refractivity contribution in [3.8, 4) is 0 Å². The van der Waals surface area contributed by atoms with Gasteiger partial charge in [-0.25, -0.2) is 4.99 Å². The Hall–Kier alpha value is -2.11. The number of nitrogens with zero attached hydrogens (tertiary/aromatic N) is 3. The second-order valence-electron chi connectivity index (χ2n) is 7.45. The van der Waals surface area contributed by atoms with Crippen LogP contribution in [0.15, 0.2) is 45.3 Å². The van der Waals surface area contributed by atoms with E-state index in [0.29, 0.717) is 5.92 Å². The highest BCUT2D eigenvalue weighted by molar-refractivity contribution is 7.20. The quantitative estimate of drug-likeness (QED) is 0.853. The van der Waals surface area contributed by atoms with E-state index in [4.69, 9.17) is 15.0 Å². The standard InChI is InChI=1S/C21H22N4S/c1-13-15-5-3-4-6-19(15)26-20(13)17-11-16-18(24-17)12-23-21(2,25-16)14-7-9-22-10-8-14/h3-6,11-12,14,22H,7-10H2,1-2H3. The number of aryl methyl sites for hydroxylation is 1. The van der Waals surface area contributed by atoms with Gasteiger partial charge in [-0.05, 0) is 62.9 Å². The molecule has 1 aromatic heterocycles. The van der Waals surface area contributed by atoms with Crippen LogP contribution in [0.2, 0.25) is 0 Å². The Labute approximate surface area is 157 Å². The second-order valence-corrected chi connectivity index (χ2v) is 8.50. The van der Waals surface area contributed by atoms with Crippen molar-refractivity contribution < 1.29 is 0 Å². The predicted molar refractivity (Wildman–Crippen MR) is 112 cm³/mol. The van der Waals surface area contributed by atoms with Crippen LogP contribution in [0.4, 0.5) is 0 Å². The van der Waals surface area contributed by atoms with Crippen LogP contribution in [-0.4, -0.2) is 36.4 Å². The molecule has 1 aromatic carbocycles. The zero-order chi connectivity index (χ0) is 17.7. The number of rotatable bonds is 2. The molecule has 5 rings (SSSR count). The molecule has 0 saturated carbocycles. The lowest BCUT2D eigenvalue weighted by Gasteiger charge is -2.35. The van der Waals surface area contributed by atoms with Gasteiger partial charge in [-0.3, -0.25) is 9.98 Å². The van der Waals surface area contributed by atoms with E-state index in [1.54, 1.807) is 0 Å². The summed E-state index contributed by atoms with van der Waals surface area (Å²) in [4.78, 5) is 16.0. The van der Waals surface area contributed by atoms with Gasteiger partial charge >= 0.3 is 0 Å². The van der Waals surface area contributed by atoms with Crippen molar-refractivity contribution >= 4 is 44.8 Å². The molecular weight excluding hydrogens is 340 g/mol. The third kappa shape index (κ3) is 2.49. The predicted octanol–water partition coefficient (Wildman–Crippen LogP) is 4.25. The van der Waals surface area contributed by atoms with Crippen LogP contribution < -0.4 is 5.32 Å². The summed E-state index contributed by atoms with van der Waals surface area (Å²) in [5, 5.41) is 4.75. The Balaban J connectivity index is 1.53. The first-order chi connectivity index (χ1) is 12.6. The topological polar surface area (TPSA) is 49.1 Å². The average Bonchev–Trinajstić information content (AvgIpc) is 3.23. The zero-order valence-corrected chi connectivity index (χ0v) is 15.9. The SMILES string of the molecule is Cc1c(C2=CC3=NC(C)(C4CCNCC4)N=CC3=N2)sc2ccccc12. The van der Waals surface area contributed by atoms with Gasteiger partial charge in [0.05, 0.1) is 22.5 Å². The fourth-order valence-electron chi connectivity index (χ4n) is 4.17. The Morgan fingerprint density at radius 1 is 1.15 bits per heavy atom. The number of benzene rings is 1. The maximum absolute atomic E-state index is 5.05. The molecular formula is C21H22N4S. The van der Waals surface area contributed by atoms with E-state index in [0.717, 1.165) is 43.1 Å². The summed E-state index contributed by atoms with van der Waals surface area (Å²) in [7, 11) is 0. The van der Waals surface area contributed by atoms with E-state index in [9.17, 15) is 0 Å². The van der Waals surface area contributed by atoms with Gasteiger partial charge in [0.2, 0.25) is 0 Å². The summed E-state index contributed by atoms with van der Waals surface area (Å²) in [6.45, 7) is 6.47. The Morgan fingerprint density at radius 2 is 1.96 bits per heavy atom. The molecule has 0 radical (unpaired) electrons. The van der Waals surface area contributed by atoms with Crippen molar-refractivity contribution in [1.29, 1.82) is 0 Å². The van der Waals surface area contributed by atoms with Gasteiger partial charge in [0.15, 0.2) is 5.66 Å². The first-order valence-electron chi connectivity index (χ1n) is 9.29. The van der Waals surface area contributed by atoms with Gasteiger partial charge in [0.1, 0.15) is 5.71 Å². The molecule has 1 saturated heterocycles. The van der Waals surface area contributed by atoms with Crippen LogP contribution in [0, 0.1) is 12.8 Å². The van der Waals surface area contributed by atoms with E-state index in [1.165, 1.54) is 20.5 Å². The van der Waals surface area contributed by atoms with Crippen molar-refractivity contribution in [1.82, 2.24) is 5.32 Å². The number of aliphatic imine (C=N–C) groups is 3.